The number of rotatable bonds is 5. The van der Waals surface area contributed by atoms with Gasteiger partial charge in [-0.1, -0.05) is 47.1 Å². The van der Waals surface area contributed by atoms with Gasteiger partial charge in [-0.2, -0.15) is 0 Å². The lowest BCUT2D eigenvalue weighted by atomic mass is 9.96. The summed E-state index contributed by atoms with van der Waals surface area (Å²) >= 11 is 3.58. The zero-order valence-electron chi connectivity index (χ0n) is 10.8. The Balaban J connectivity index is 3.00. The van der Waals surface area contributed by atoms with E-state index in [1.54, 1.807) is 0 Å². The maximum atomic E-state index is 5.64. The first-order valence-corrected chi connectivity index (χ1v) is 6.68. The number of hydrazine groups is 1. The number of aryl methyl sites for hydroxylation is 2. The Morgan fingerprint density at radius 2 is 1.94 bits per heavy atom. The molecule has 0 fully saturated rings. The van der Waals surface area contributed by atoms with E-state index in [2.05, 4.69) is 60.8 Å². The van der Waals surface area contributed by atoms with Crippen LogP contribution >= 0.6 is 15.9 Å². The van der Waals surface area contributed by atoms with Crippen LogP contribution in [0.5, 0.6) is 0 Å². The van der Waals surface area contributed by atoms with Gasteiger partial charge in [0.05, 0.1) is 0 Å². The fourth-order valence-electron chi connectivity index (χ4n) is 1.89. The van der Waals surface area contributed by atoms with Crippen molar-refractivity contribution in [3.05, 3.63) is 45.4 Å². The summed E-state index contributed by atoms with van der Waals surface area (Å²) in [6.07, 6.45) is 1.88. The number of hydrogen-bond donors (Lipinski definition) is 2. The topological polar surface area (TPSA) is 38.0 Å². The third kappa shape index (κ3) is 3.66. The van der Waals surface area contributed by atoms with E-state index in [4.69, 9.17) is 5.84 Å². The fourth-order valence-corrected chi connectivity index (χ4v) is 2.12. The van der Waals surface area contributed by atoms with E-state index < -0.39 is 0 Å². The van der Waals surface area contributed by atoms with Gasteiger partial charge in [-0.15, -0.1) is 0 Å². The normalized spacial score (nSPS) is 12.5. The number of halogens is 1. The van der Waals surface area contributed by atoms with Gasteiger partial charge < -0.3 is 0 Å². The van der Waals surface area contributed by atoms with Crippen LogP contribution in [0.25, 0.3) is 0 Å². The predicted octanol–water partition coefficient (Wildman–Crippen LogP) is 3.93. The van der Waals surface area contributed by atoms with E-state index in [1.165, 1.54) is 26.7 Å². The second-order valence-electron chi connectivity index (χ2n) is 4.50. The van der Waals surface area contributed by atoms with E-state index >= 15 is 0 Å². The summed E-state index contributed by atoms with van der Waals surface area (Å²) < 4.78 is 1.17. The molecule has 94 valence electrons. The minimum atomic E-state index is 0.146. The SMILES string of the molecule is C=C(CC)CC(NN)c1cc(C)c(Br)c(C)c1. The van der Waals surface area contributed by atoms with Crippen molar-refractivity contribution in [2.75, 3.05) is 0 Å². The lowest BCUT2D eigenvalue weighted by molar-refractivity contribution is 0.544. The molecule has 0 saturated heterocycles. The second kappa shape index (κ2) is 6.34. The molecule has 0 amide bonds. The Kier molecular flexibility index (Phi) is 5.37. The molecule has 3 heteroatoms. The molecule has 1 aromatic carbocycles. The average molecular weight is 297 g/mol. The van der Waals surface area contributed by atoms with Gasteiger partial charge in [0, 0.05) is 10.5 Å². The molecule has 2 nitrogen and oxygen atoms in total. The summed E-state index contributed by atoms with van der Waals surface area (Å²) in [6.45, 7) is 10.4. The van der Waals surface area contributed by atoms with Crippen molar-refractivity contribution in [3.63, 3.8) is 0 Å². The average Bonchev–Trinajstić information content (AvgIpc) is 2.31. The molecule has 0 spiro atoms. The highest BCUT2D eigenvalue weighted by atomic mass is 79.9. The van der Waals surface area contributed by atoms with Gasteiger partial charge in [0.2, 0.25) is 0 Å². The van der Waals surface area contributed by atoms with Crippen molar-refractivity contribution in [1.82, 2.24) is 5.43 Å². The third-order valence-electron chi connectivity index (χ3n) is 3.06. The summed E-state index contributed by atoms with van der Waals surface area (Å²) in [5.74, 6) is 5.64. The Morgan fingerprint density at radius 3 is 2.35 bits per heavy atom. The maximum absolute atomic E-state index is 5.64. The molecule has 1 atom stereocenters. The lowest BCUT2D eigenvalue weighted by Crippen LogP contribution is -2.28. The zero-order chi connectivity index (χ0) is 13.0. The molecule has 17 heavy (non-hydrogen) atoms. The first kappa shape index (κ1) is 14.4. The zero-order valence-corrected chi connectivity index (χ0v) is 12.4. The first-order chi connectivity index (χ1) is 7.99. The Bertz CT molecular complexity index is 390. The van der Waals surface area contributed by atoms with Crippen molar-refractivity contribution in [2.24, 2.45) is 5.84 Å². The van der Waals surface area contributed by atoms with Gasteiger partial charge >= 0.3 is 0 Å². The van der Waals surface area contributed by atoms with Gasteiger partial charge in [0.1, 0.15) is 0 Å². The van der Waals surface area contributed by atoms with Gasteiger partial charge in [0.25, 0.3) is 0 Å². The molecule has 0 bridgehead atoms. The van der Waals surface area contributed by atoms with Gasteiger partial charge in [-0.3, -0.25) is 11.3 Å². The number of benzene rings is 1. The predicted molar refractivity (Wildman–Crippen MR) is 77.7 cm³/mol. The lowest BCUT2D eigenvalue weighted by Gasteiger charge is -2.19. The summed E-state index contributed by atoms with van der Waals surface area (Å²) in [5.41, 5.74) is 7.79. The largest absolute Gasteiger partial charge is 0.271 e. The van der Waals surface area contributed by atoms with Crippen LogP contribution in [0.1, 0.15) is 42.5 Å². The minimum absolute atomic E-state index is 0.146. The summed E-state index contributed by atoms with van der Waals surface area (Å²) in [6, 6.07) is 4.49. The molecule has 0 aromatic heterocycles. The molecule has 0 heterocycles. The smallest absolute Gasteiger partial charge is 0.0497 e. The molecule has 3 N–H and O–H groups in total. The van der Waals surface area contributed by atoms with Crippen LogP contribution in [0.3, 0.4) is 0 Å². The Hall–Kier alpha value is -0.640. The molecule has 0 radical (unpaired) electrons. The van der Waals surface area contributed by atoms with Crippen molar-refractivity contribution in [3.8, 4) is 0 Å². The van der Waals surface area contributed by atoms with Crippen molar-refractivity contribution in [2.45, 2.75) is 39.7 Å². The van der Waals surface area contributed by atoms with Gasteiger partial charge in [-0.25, -0.2) is 0 Å². The van der Waals surface area contributed by atoms with Crippen molar-refractivity contribution in [1.29, 1.82) is 0 Å². The monoisotopic (exact) mass is 296 g/mol. The third-order valence-corrected chi connectivity index (χ3v) is 4.31. The highest BCUT2D eigenvalue weighted by Gasteiger charge is 2.13. The first-order valence-electron chi connectivity index (χ1n) is 5.89. The van der Waals surface area contributed by atoms with E-state index in [-0.39, 0.29) is 6.04 Å². The molecule has 0 aliphatic heterocycles. The van der Waals surface area contributed by atoms with E-state index in [1.807, 2.05) is 0 Å². The molecule has 0 aliphatic carbocycles. The fraction of sp³-hybridized carbons (Fsp3) is 0.429. The standard InChI is InChI=1S/C14H21BrN2/c1-5-9(2)6-13(17-16)12-7-10(3)14(15)11(4)8-12/h7-8,13,17H,2,5-6,16H2,1,3-4H3. The van der Waals surface area contributed by atoms with E-state index in [0.717, 1.165) is 12.8 Å². The maximum Gasteiger partial charge on any atom is 0.0497 e. The second-order valence-corrected chi connectivity index (χ2v) is 5.29. The number of hydrogen-bond acceptors (Lipinski definition) is 2. The van der Waals surface area contributed by atoms with Crippen LogP contribution in [0.4, 0.5) is 0 Å². The minimum Gasteiger partial charge on any atom is -0.271 e. The van der Waals surface area contributed by atoms with Crippen LogP contribution in [-0.4, -0.2) is 0 Å². The molecular weight excluding hydrogens is 276 g/mol. The summed E-state index contributed by atoms with van der Waals surface area (Å²) in [4.78, 5) is 0. The van der Waals surface area contributed by atoms with Crippen LogP contribution in [-0.2, 0) is 0 Å². The van der Waals surface area contributed by atoms with Crippen LogP contribution < -0.4 is 11.3 Å². The number of nitrogens with one attached hydrogen (secondary N) is 1. The van der Waals surface area contributed by atoms with Crippen LogP contribution in [0.15, 0.2) is 28.8 Å². The molecule has 0 aliphatic rings. The van der Waals surface area contributed by atoms with Crippen molar-refractivity contribution >= 4 is 15.9 Å². The van der Waals surface area contributed by atoms with E-state index in [0.29, 0.717) is 0 Å². The van der Waals surface area contributed by atoms with Crippen molar-refractivity contribution < 1.29 is 0 Å². The highest BCUT2D eigenvalue weighted by molar-refractivity contribution is 9.10. The highest BCUT2D eigenvalue weighted by Crippen LogP contribution is 2.28. The Labute approximate surface area is 112 Å². The molecule has 1 rings (SSSR count). The molecule has 1 unspecified atom stereocenters. The van der Waals surface area contributed by atoms with E-state index in [9.17, 15) is 0 Å². The molecular formula is C14H21BrN2. The summed E-state index contributed by atoms with van der Waals surface area (Å²) in [5, 5.41) is 0. The van der Waals surface area contributed by atoms with Gasteiger partial charge in [-0.05, 0) is 43.4 Å². The molecule has 1 aromatic rings. The quantitative estimate of drug-likeness (QED) is 0.491. The summed E-state index contributed by atoms with van der Waals surface area (Å²) in [7, 11) is 0. The number of nitrogens with two attached hydrogens (primary N) is 1. The Morgan fingerprint density at radius 1 is 1.41 bits per heavy atom. The van der Waals surface area contributed by atoms with Crippen LogP contribution in [0, 0.1) is 13.8 Å². The van der Waals surface area contributed by atoms with Crippen LogP contribution in [0.2, 0.25) is 0 Å². The molecule has 0 saturated carbocycles. The van der Waals surface area contributed by atoms with Gasteiger partial charge in [0.15, 0.2) is 0 Å².